The number of alkyl halides is 1. The molecule has 1 saturated heterocycles. The number of ether oxygens (including phenoxy) is 1. The van der Waals surface area contributed by atoms with Gasteiger partial charge in [-0.1, -0.05) is 29.5 Å². The maximum absolute atomic E-state index is 12.1. The minimum Gasteiger partial charge on any atom is -0.459 e. The predicted molar refractivity (Wildman–Crippen MR) is 73.3 cm³/mol. The molecule has 0 aromatic heterocycles. The molecule has 0 amide bonds. The van der Waals surface area contributed by atoms with E-state index in [1.54, 1.807) is 0 Å². The Morgan fingerprint density at radius 3 is 2.35 bits per heavy atom. The van der Waals surface area contributed by atoms with Crippen molar-refractivity contribution in [1.82, 2.24) is 5.06 Å². The summed E-state index contributed by atoms with van der Waals surface area (Å²) in [5, 5.41) is 13.2. The van der Waals surface area contributed by atoms with E-state index >= 15 is 0 Å². The molecule has 0 saturated carbocycles. The van der Waals surface area contributed by atoms with E-state index in [4.69, 9.17) is 4.74 Å². The standard InChI is InChI=1S/C12H21INO3/c1-6-8(13)10(15)17-9-7-11(2,3)14(16)12(9,4)5/h8-9H,6-7H2,1-5H3. The second-order valence-electron chi connectivity index (χ2n) is 5.77. The number of hydrogen-bond donors (Lipinski definition) is 0. The van der Waals surface area contributed by atoms with Gasteiger partial charge in [0, 0.05) is 12.0 Å². The molecule has 99 valence electrons. The summed E-state index contributed by atoms with van der Waals surface area (Å²) >= 11 is 2.08. The van der Waals surface area contributed by atoms with Gasteiger partial charge in [0.2, 0.25) is 0 Å². The van der Waals surface area contributed by atoms with Crippen LogP contribution < -0.4 is 0 Å². The molecule has 1 aliphatic heterocycles. The summed E-state index contributed by atoms with van der Waals surface area (Å²) in [6.07, 6.45) is 1.01. The molecule has 1 rings (SSSR count). The zero-order valence-corrected chi connectivity index (χ0v) is 13.3. The van der Waals surface area contributed by atoms with Gasteiger partial charge in [-0.3, -0.25) is 4.79 Å². The zero-order valence-electron chi connectivity index (χ0n) is 11.1. The number of nitrogens with zero attached hydrogens (tertiary/aromatic N) is 1. The van der Waals surface area contributed by atoms with Crippen LogP contribution in [0.4, 0.5) is 0 Å². The molecule has 1 aliphatic rings. The van der Waals surface area contributed by atoms with E-state index in [0.29, 0.717) is 6.42 Å². The van der Waals surface area contributed by atoms with E-state index < -0.39 is 11.1 Å². The van der Waals surface area contributed by atoms with Crippen LogP contribution >= 0.6 is 22.6 Å². The molecule has 0 N–H and O–H groups in total. The summed E-state index contributed by atoms with van der Waals surface area (Å²) in [6.45, 7) is 9.39. The summed E-state index contributed by atoms with van der Waals surface area (Å²) in [4.78, 5) is 11.8. The number of hydrogen-bond acceptors (Lipinski definition) is 3. The Labute approximate surface area is 117 Å². The maximum Gasteiger partial charge on any atom is 0.319 e. The summed E-state index contributed by atoms with van der Waals surface area (Å²) in [7, 11) is 0. The first-order valence-corrected chi connectivity index (χ1v) is 7.19. The molecular formula is C12H21INO3. The number of carbonyl (C=O) groups is 1. The smallest absolute Gasteiger partial charge is 0.319 e. The molecule has 1 fully saturated rings. The molecule has 17 heavy (non-hydrogen) atoms. The molecule has 2 atom stereocenters. The first kappa shape index (κ1) is 15.2. The Bertz CT molecular complexity index is 304. The summed E-state index contributed by atoms with van der Waals surface area (Å²) in [5.41, 5.74) is -1.12. The van der Waals surface area contributed by atoms with Gasteiger partial charge in [-0.25, -0.2) is 0 Å². The van der Waals surface area contributed by atoms with E-state index in [-0.39, 0.29) is 16.0 Å². The number of esters is 1. The van der Waals surface area contributed by atoms with Gasteiger partial charge in [-0.2, -0.15) is 0 Å². The SMILES string of the molecule is CCC(I)C(=O)OC1CC(C)(C)N([O])C1(C)C. The van der Waals surface area contributed by atoms with Crippen LogP contribution in [0.2, 0.25) is 0 Å². The van der Waals surface area contributed by atoms with E-state index in [2.05, 4.69) is 22.6 Å². The molecule has 1 radical (unpaired) electrons. The molecule has 1 heterocycles. The average molecular weight is 354 g/mol. The van der Waals surface area contributed by atoms with E-state index in [1.807, 2.05) is 34.6 Å². The first-order chi connectivity index (χ1) is 7.63. The molecule has 4 nitrogen and oxygen atoms in total. The highest BCUT2D eigenvalue weighted by Crippen LogP contribution is 2.41. The second-order valence-corrected chi connectivity index (χ2v) is 7.27. The van der Waals surface area contributed by atoms with Gasteiger partial charge in [0.25, 0.3) is 0 Å². The third-order valence-electron chi connectivity index (χ3n) is 3.42. The lowest BCUT2D eigenvalue weighted by molar-refractivity contribution is -0.252. The van der Waals surface area contributed by atoms with Gasteiger partial charge in [0.05, 0.1) is 5.54 Å². The van der Waals surface area contributed by atoms with Crippen LogP contribution in [0.5, 0.6) is 0 Å². The van der Waals surface area contributed by atoms with Gasteiger partial charge in [-0.15, -0.1) is 10.3 Å². The Balaban J connectivity index is 2.77. The van der Waals surface area contributed by atoms with Crippen molar-refractivity contribution >= 4 is 28.6 Å². The Morgan fingerprint density at radius 2 is 2.00 bits per heavy atom. The molecule has 2 unspecified atom stereocenters. The van der Waals surface area contributed by atoms with Crippen molar-refractivity contribution in [2.24, 2.45) is 0 Å². The first-order valence-electron chi connectivity index (χ1n) is 5.95. The van der Waals surface area contributed by atoms with Crippen molar-refractivity contribution in [2.75, 3.05) is 0 Å². The van der Waals surface area contributed by atoms with Crippen molar-refractivity contribution in [3.63, 3.8) is 0 Å². The predicted octanol–water partition coefficient (Wildman–Crippen LogP) is 2.72. The van der Waals surface area contributed by atoms with E-state index in [1.165, 1.54) is 0 Å². The molecule has 0 spiro atoms. The minimum absolute atomic E-state index is 0.132. The third kappa shape index (κ3) is 2.93. The average Bonchev–Trinajstić information content (AvgIpc) is 2.38. The lowest BCUT2D eigenvalue weighted by Gasteiger charge is -2.33. The molecule has 5 heteroatoms. The molecule has 0 aromatic rings. The largest absolute Gasteiger partial charge is 0.459 e. The normalized spacial score (nSPS) is 29.0. The topological polar surface area (TPSA) is 49.4 Å². The quantitative estimate of drug-likeness (QED) is 0.445. The lowest BCUT2D eigenvalue weighted by atomic mass is 9.97. The highest BCUT2D eigenvalue weighted by atomic mass is 127. The van der Waals surface area contributed by atoms with Crippen LogP contribution in [-0.4, -0.2) is 32.1 Å². The van der Waals surface area contributed by atoms with Gasteiger partial charge in [0.1, 0.15) is 10.0 Å². The van der Waals surface area contributed by atoms with Crippen LogP contribution in [0.15, 0.2) is 0 Å². The highest BCUT2D eigenvalue weighted by molar-refractivity contribution is 14.1. The van der Waals surface area contributed by atoms with E-state index in [9.17, 15) is 10.0 Å². The zero-order chi connectivity index (χ0) is 13.4. The molecule has 0 aromatic carbocycles. The fraction of sp³-hybridized carbons (Fsp3) is 0.917. The van der Waals surface area contributed by atoms with Crippen LogP contribution in [0.25, 0.3) is 0 Å². The molecule has 0 bridgehead atoms. The second kappa shape index (κ2) is 5.01. The summed E-state index contributed by atoms with van der Waals surface area (Å²) in [6, 6.07) is 0. The van der Waals surface area contributed by atoms with Crippen molar-refractivity contribution < 1.29 is 14.7 Å². The highest BCUT2D eigenvalue weighted by Gasteiger charge is 2.54. The van der Waals surface area contributed by atoms with Gasteiger partial charge in [-0.05, 0) is 34.1 Å². The van der Waals surface area contributed by atoms with Crippen LogP contribution in [0, 0.1) is 0 Å². The Morgan fingerprint density at radius 1 is 1.47 bits per heavy atom. The van der Waals surface area contributed by atoms with Gasteiger partial charge < -0.3 is 4.74 Å². The molecule has 0 aliphatic carbocycles. The lowest BCUT2D eigenvalue weighted by Crippen LogP contribution is -2.48. The maximum atomic E-state index is 12.1. The summed E-state index contributed by atoms with van der Waals surface area (Å²) < 4.78 is 5.36. The van der Waals surface area contributed by atoms with Gasteiger partial charge >= 0.3 is 5.97 Å². The van der Waals surface area contributed by atoms with E-state index in [0.717, 1.165) is 11.5 Å². The van der Waals surface area contributed by atoms with Crippen LogP contribution in [-0.2, 0) is 14.7 Å². The van der Waals surface area contributed by atoms with Crippen LogP contribution in [0.1, 0.15) is 47.5 Å². The van der Waals surface area contributed by atoms with Gasteiger partial charge in [0.15, 0.2) is 0 Å². The van der Waals surface area contributed by atoms with Crippen molar-refractivity contribution in [2.45, 2.75) is 68.6 Å². The fourth-order valence-corrected chi connectivity index (χ4v) is 2.41. The van der Waals surface area contributed by atoms with Crippen molar-refractivity contribution in [3.8, 4) is 0 Å². The Hall–Kier alpha value is 0.120. The monoisotopic (exact) mass is 354 g/mol. The minimum atomic E-state index is -0.650. The molecular weight excluding hydrogens is 333 g/mol. The number of halogens is 1. The fourth-order valence-electron chi connectivity index (χ4n) is 2.26. The third-order valence-corrected chi connectivity index (χ3v) is 4.81. The number of carbonyl (C=O) groups excluding carboxylic acids is 1. The van der Waals surface area contributed by atoms with Crippen molar-refractivity contribution in [3.05, 3.63) is 0 Å². The Kier molecular flexibility index (Phi) is 4.47. The number of hydroxylamine groups is 2. The van der Waals surface area contributed by atoms with Crippen molar-refractivity contribution in [1.29, 1.82) is 0 Å². The van der Waals surface area contributed by atoms with Crippen LogP contribution in [0.3, 0.4) is 0 Å². The number of rotatable bonds is 3. The summed E-state index contributed by atoms with van der Waals surface area (Å²) in [5.74, 6) is -0.211.